The van der Waals surface area contributed by atoms with Crippen LogP contribution in [0.15, 0.2) is 18.2 Å². The minimum absolute atomic E-state index is 0.0995. The van der Waals surface area contributed by atoms with E-state index >= 15 is 0 Å². The van der Waals surface area contributed by atoms with Gasteiger partial charge in [-0.3, -0.25) is 9.69 Å². The molecule has 1 saturated heterocycles. The van der Waals surface area contributed by atoms with Crippen LogP contribution in [0.3, 0.4) is 0 Å². The highest BCUT2D eigenvalue weighted by Crippen LogP contribution is 2.27. The zero-order valence-corrected chi connectivity index (χ0v) is 13.5. The standard InChI is InChI=1S/C16H23N3O4/c1-11(6-9-22-12(2)20)18-15-5-4-13(10-14(15)17)19-7-3-8-23-16(19)21/h4-5,10-11,18H,3,6-9,17H2,1-2H3. The van der Waals surface area contributed by atoms with Crippen molar-refractivity contribution in [1.82, 2.24) is 0 Å². The lowest BCUT2D eigenvalue weighted by Crippen LogP contribution is -2.37. The average Bonchev–Trinajstić information content (AvgIpc) is 2.49. The van der Waals surface area contributed by atoms with Crippen molar-refractivity contribution in [3.8, 4) is 0 Å². The zero-order valence-electron chi connectivity index (χ0n) is 13.5. The third kappa shape index (κ3) is 4.77. The van der Waals surface area contributed by atoms with Gasteiger partial charge in [0.25, 0.3) is 0 Å². The molecule has 1 aliphatic heterocycles. The summed E-state index contributed by atoms with van der Waals surface area (Å²) in [6, 6.07) is 5.54. The largest absolute Gasteiger partial charge is 0.466 e. The number of hydrogen-bond acceptors (Lipinski definition) is 6. The van der Waals surface area contributed by atoms with Crippen LogP contribution in [0.2, 0.25) is 0 Å². The lowest BCUT2D eigenvalue weighted by atomic mass is 10.2. The van der Waals surface area contributed by atoms with Gasteiger partial charge in [0, 0.05) is 31.6 Å². The number of rotatable bonds is 6. The van der Waals surface area contributed by atoms with Gasteiger partial charge in [0.05, 0.1) is 24.6 Å². The highest BCUT2D eigenvalue weighted by molar-refractivity contribution is 5.90. The summed E-state index contributed by atoms with van der Waals surface area (Å²) in [7, 11) is 0. The van der Waals surface area contributed by atoms with Gasteiger partial charge in [-0.15, -0.1) is 0 Å². The van der Waals surface area contributed by atoms with Crippen LogP contribution in [0.1, 0.15) is 26.7 Å². The number of benzene rings is 1. The van der Waals surface area contributed by atoms with Crippen LogP contribution in [0.5, 0.6) is 0 Å². The number of nitrogens with two attached hydrogens (primary N) is 1. The molecule has 126 valence electrons. The Hall–Kier alpha value is -2.44. The molecule has 1 atom stereocenters. The Morgan fingerprint density at radius 3 is 2.96 bits per heavy atom. The van der Waals surface area contributed by atoms with E-state index in [0.29, 0.717) is 31.9 Å². The molecule has 0 saturated carbocycles. The van der Waals surface area contributed by atoms with Crippen molar-refractivity contribution < 1.29 is 19.1 Å². The van der Waals surface area contributed by atoms with E-state index in [4.69, 9.17) is 15.2 Å². The van der Waals surface area contributed by atoms with Crippen molar-refractivity contribution in [2.45, 2.75) is 32.7 Å². The molecule has 7 heteroatoms. The second-order valence-electron chi connectivity index (χ2n) is 5.57. The first-order valence-electron chi connectivity index (χ1n) is 7.71. The number of carbonyl (C=O) groups excluding carboxylic acids is 2. The molecule has 7 nitrogen and oxygen atoms in total. The predicted octanol–water partition coefficient (Wildman–Crippen LogP) is 2.37. The summed E-state index contributed by atoms with van der Waals surface area (Å²) in [5.41, 5.74) is 8.14. The van der Waals surface area contributed by atoms with Crippen molar-refractivity contribution in [3.05, 3.63) is 18.2 Å². The van der Waals surface area contributed by atoms with E-state index in [1.807, 2.05) is 19.1 Å². The number of ether oxygens (including phenoxy) is 2. The third-order valence-corrected chi connectivity index (χ3v) is 3.58. The quantitative estimate of drug-likeness (QED) is 0.617. The number of nitrogens with one attached hydrogen (secondary N) is 1. The molecule has 23 heavy (non-hydrogen) atoms. The lowest BCUT2D eigenvalue weighted by molar-refractivity contribution is -0.141. The Balaban J connectivity index is 1.96. The second kappa shape index (κ2) is 7.71. The summed E-state index contributed by atoms with van der Waals surface area (Å²) < 4.78 is 9.95. The molecule has 3 N–H and O–H groups in total. The average molecular weight is 321 g/mol. The summed E-state index contributed by atoms with van der Waals surface area (Å²) in [5.74, 6) is -0.283. The lowest BCUT2D eigenvalue weighted by Gasteiger charge is -2.27. The fourth-order valence-electron chi connectivity index (χ4n) is 2.35. The third-order valence-electron chi connectivity index (χ3n) is 3.58. The number of carbonyl (C=O) groups is 2. The molecule has 0 bridgehead atoms. The fraction of sp³-hybridized carbons (Fsp3) is 0.500. The highest BCUT2D eigenvalue weighted by atomic mass is 16.6. The molecule has 1 unspecified atom stereocenters. The number of nitrogens with zero attached hydrogens (tertiary/aromatic N) is 1. The molecular formula is C16H23N3O4. The van der Waals surface area contributed by atoms with E-state index in [9.17, 15) is 9.59 Å². The van der Waals surface area contributed by atoms with Crippen LogP contribution in [-0.2, 0) is 14.3 Å². The Kier molecular flexibility index (Phi) is 5.67. The number of anilines is 3. The normalized spacial score (nSPS) is 15.7. The first-order valence-corrected chi connectivity index (χ1v) is 7.71. The number of cyclic esters (lactones) is 1. The van der Waals surface area contributed by atoms with E-state index in [1.165, 1.54) is 6.92 Å². The van der Waals surface area contributed by atoms with Crippen LogP contribution in [0.25, 0.3) is 0 Å². The van der Waals surface area contributed by atoms with Gasteiger partial charge in [-0.2, -0.15) is 0 Å². The summed E-state index contributed by atoms with van der Waals surface area (Å²) in [4.78, 5) is 24.1. The van der Waals surface area contributed by atoms with Gasteiger partial charge in [-0.1, -0.05) is 0 Å². The van der Waals surface area contributed by atoms with Crippen LogP contribution < -0.4 is 16.0 Å². The van der Waals surface area contributed by atoms with Gasteiger partial charge in [-0.25, -0.2) is 4.79 Å². The van der Waals surface area contributed by atoms with E-state index < -0.39 is 0 Å². The Bertz CT molecular complexity index is 576. The fourth-order valence-corrected chi connectivity index (χ4v) is 2.35. The summed E-state index contributed by atoms with van der Waals surface area (Å²) in [6.07, 6.45) is 1.14. The molecule has 1 amide bonds. The van der Waals surface area contributed by atoms with Crippen molar-refractivity contribution in [2.75, 3.05) is 35.7 Å². The molecule has 1 fully saturated rings. The maximum atomic E-state index is 11.7. The number of esters is 1. The van der Waals surface area contributed by atoms with Crippen molar-refractivity contribution in [2.24, 2.45) is 0 Å². The molecular weight excluding hydrogens is 298 g/mol. The maximum Gasteiger partial charge on any atom is 0.414 e. The van der Waals surface area contributed by atoms with Gasteiger partial charge >= 0.3 is 12.1 Å². The van der Waals surface area contributed by atoms with Crippen LogP contribution in [-0.4, -0.2) is 37.9 Å². The van der Waals surface area contributed by atoms with Crippen molar-refractivity contribution >= 4 is 29.1 Å². The molecule has 1 aromatic rings. The van der Waals surface area contributed by atoms with Crippen molar-refractivity contribution in [3.63, 3.8) is 0 Å². The highest BCUT2D eigenvalue weighted by Gasteiger charge is 2.21. The van der Waals surface area contributed by atoms with Crippen molar-refractivity contribution in [1.29, 1.82) is 0 Å². The SMILES string of the molecule is CC(=O)OCCC(C)Nc1ccc(N2CCCOC2=O)cc1N. The second-order valence-corrected chi connectivity index (χ2v) is 5.57. The van der Waals surface area contributed by atoms with Crippen LogP contribution >= 0.6 is 0 Å². The molecule has 1 aliphatic rings. The Labute approximate surface area is 135 Å². The summed E-state index contributed by atoms with van der Waals surface area (Å²) >= 11 is 0. The zero-order chi connectivity index (χ0) is 16.8. The van der Waals surface area contributed by atoms with Crippen LogP contribution in [0.4, 0.5) is 21.9 Å². The molecule has 2 rings (SSSR count). The van der Waals surface area contributed by atoms with E-state index in [2.05, 4.69) is 5.32 Å². The molecule has 0 spiro atoms. The molecule has 1 heterocycles. The van der Waals surface area contributed by atoms with Gasteiger partial charge in [0.15, 0.2) is 0 Å². The molecule has 0 aliphatic carbocycles. The van der Waals surface area contributed by atoms with E-state index in [-0.39, 0.29) is 18.1 Å². The number of nitrogen functional groups attached to an aromatic ring is 1. The maximum absolute atomic E-state index is 11.7. The Morgan fingerprint density at radius 2 is 2.30 bits per heavy atom. The topological polar surface area (TPSA) is 93.9 Å². The first-order chi connectivity index (χ1) is 11.0. The van der Waals surface area contributed by atoms with Gasteiger partial charge in [0.1, 0.15) is 0 Å². The van der Waals surface area contributed by atoms with Crippen LogP contribution in [0, 0.1) is 0 Å². The summed E-state index contributed by atoms with van der Waals surface area (Å²) in [5, 5.41) is 3.27. The van der Waals surface area contributed by atoms with Gasteiger partial charge in [-0.05, 0) is 31.5 Å². The smallest absolute Gasteiger partial charge is 0.414 e. The van der Waals surface area contributed by atoms with E-state index in [0.717, 1.165) is 17.8 Å². The minimum Gasteiger partial charge on any atom is -0.466 e. The monoisotopic (exact) mass is 321 g/mol. The van der Waals surface area contributed by atoms with Gasteiger partial charge < -0.3 is 20.5 Å². The predicted molar refractivity (Wildman–Crippen MR) is 88.5 cm³/mol. The number of amides is 1. The molecule has 1 aromatic carbocycles. The summed E-state index contributed by atoms with van der Waals surface area (Å²) in [6.45, 7) is 4.83. The first kappa shape index (κ1) is 16.9. The minimum atomic E-state index is -0.342. The number of hydrogen-bond donors (Lipinski definition) is 2. The van der Waals surface area contributed by atoms with Gasteiger partial charge in [0.2, 0.25) is 0 Å². The molecule has 0 radical (unpaired) electrons. The Morgan fingerprint density at radius 1 is 1.52 bits per heavy atom. The van der Waals surface area contributed by atoms with E-state index in [1.54, 1.807) is 11.0 Å². The molecule has 0 aromatic heterocycles.